The van der Waals surface area contributed by atoms with Crippen molar-refractivity contribution >= 4 is 67.0 Å². The molecule has 0 aliphatic heterocycles. The summed E-state index contributed by atoms with van der Waals surface area (Å²) < 4.78 is 54.5. The van der Waals surface area contributed by atoms with Gasteiger partial charge >= 0.3 is 11.6 Å². The van der Waals surface area contributed by atoms with Gasteiger partial charge < -0.3 is 9.69 Å². The van der Waals surface area contributed by atoms with E-state index in [9.17, 15) is 38.6 Å². The first-order valence-electron chi connectivity index (χ1n) is 16.6. The summed E-state index contributed by atoms with van der Waals surface area (Å²) in [6.45, 7) is 14.5. The predicted octanol–water partition coefficient (Wildman–Crippen LogP) is 2.83. The molecule has 300 valence electrons. The molecule has 3 aromatic heterocycles. The summed E-state index contributed by atoms with van der Waals surface area (Å²) >= 11 is 0. The molecule has 0 saturated carbocycles. The fourth-order valence-corrected chi connectivity index (χ4v) is 5.20. The van der Waals surface area contributed by atoms with Crippen molar-refractivity contribution in [3.63, 3.8) is 0 Å². The summed E-state index contributed by atoms with van der Waals surface area (Å²) in [4.78, 5) is 31.1. The number of rotatable bonds is 0. The second kappa shape index (κ2) is 20.1. The van der Waals surface area contributed by atoms with Crippen LogP contribution >= 0.6 is 0 Å². The first kappa shape index (κ1) is 46.4. The molecule has 0 unspecified atom stereocenters. The van der Waals surface area contributed by atoms with Crippen molar-refractivity contribution in [1.82, 2.24) is 29.9 Å². The number of nitrogens with zero attached hydrogens (tertiary/aromatic N) is 20. The molecular weight excluding hydrogens is 861 g/mol. The Morgan fingerprint density at radius 3 is 0.803 bits per heavy atom. The monoisotopic (exact) mass is 864 g/mol. The Balaban J connectivity index is 0.000000231. The molecule has 66 heavy (non-hydrogen) atoms. The molecule has 0 radical (unpaired) electrons. The third kappa shape index (κ3) is 8.43. The maximum atomic E-state index is 13.6. The number of hydrogen-bond donors (Lipinski definition) is 0. The van der Waals surface area contributed by atoms with E-state index in [0.29, 0.717) is 10.4 Å². The van der Waals surface area contributed by atoms with Crippen LogP contribution in [0.4, 0.5) is 29.2 Å². The lowest BCUT2D eigenvalue weighted by Crippen LogP contribution is -2.31. The minimum absolute atomic E-state index is 0.00187. The lowest BCUT2D eigenvalue weighted by molar-refractivity contribution is 0.434. The van der Waals surface area contributed by atoms with E-state index in [1.165, 1.54) is 24.3 Å². The minimum Gasteiger partial charge on any atom is -0.358 e. The number of halogens is 4. The molecule has 20 nitrogen and oxygen atoms in total. The molecule has 0 aliphatic carbocycles. The highest BCUT2D eigenvalue weighted by Gasteiger charge is 2.27. The zero-order valence-electron chi connectivity index (χ0n) is 31.8. The Morgan fingerprint density at radius 2 is 0.591 bits per heavy atom. The Hall–Kier alpha value is -12.3. The molecule has 0 atom stereocenters. The Labute approximate surface area is 363 Å². The SMILES string of the molecule is N#CC(C#N)=c1c(F)c(F)c(=C(C#N)C#N)c(F)c1F.N#CC(C#N)=c1ccc(=C(C#N)C#N)cc1.[C-]#[N+]c1nc2c3nc(C#N)c(C#N)nc3c3nc(C#N)c([N+]#[C-])nc3c2nc1C#N. The molecule has 0 N–H and O–H groups in total. The van der Waals surface area contributed by atoms with E-state index in [2.05, 4.69) is 39.6 Å². The Kier molecular flexibility index (Phi) is 14.2. The number of nitriles is 12. The van der Waals surface area contributed by atoms with Crippen LogP contribution in [0.2, 0.25) is 0 Å². The van der Waals surface area contributed by atoms with Gasteiger partial charge in [0.15, 0.2) is 51.6 Å². The number of hydrogen-bond acceptors (Lipinski definition) is 18. The molecule has 0 saturated heterocycles. The van der Waals surface area contributed by atoms with Gasteiger partial charge in [0.1, 0.15) is 112 Å². The highest BCUT2D eigenvalue weighted by molar-refractivity contribution is 6.18. The normalized spacial score (nSPS) is 9.00. The first-order valence-corrected chi connectivity index (χ1v) is 16.6. The number of benzene rings is 3. The lowest BCUT2D eigenvalue weighted by atomic mass is 10.1. The van der Waals surface area contributed by atoms with Crippen LogP contribution in [0.15, 0.2) is 24.3 Å². The molecule has 0 amide bonds. The van der Waals surface area contributed by atoms with Gasteiger partial charge in [0.25, 0.3) is 0 Å². The van der Waals surface area contributed by atoms with E-state index in [4.69, 9.17) is 55.2 Å². The zero-order chi connectivity index (χ0) is 48.8. The largest absolute Gasteiger partial charge is 0.358 e. The van der Waals surface area contributed by atoms with Gasteiger partial charge in [-0.2, -0.15) is 63.1 Å². The van der Waals surface area contributed by atoms with Gasteiger partial charge in [0.2, 0.25) is 11.0 Å². The van der Waals surface area contributed by atoms with E-state index in [0.717, 1.165) is 24.3 Å². The second-order valence-electron chi connectivity index (χ2n) is 11.5. The van der Waals surface area contributed by atoms with E-state index in [1.54, 1.807) is 48.6 Å². The molecule has 24 heteroatoms. The van der Waals surface area contributed by atoms with Gasteiger partial charge in [0, 0.05) is 10.4 Å². The summed E-state index contributed by atoms with van der Waals surface area (Å²) in [5.74, 6) is -8.72. The standard InChI is InChI=1S/C18N12.C12F4N4.C12H4N4/c1-23-17-9(5-21)27-13-11-12(26-8(4-20)7(3-19)25-11)15-14(16(13)30-17)28-10(6-22)18(24-2)29-15;13-9-7(5(1-17)2-18)10(14)12(16)8(11(9)15)6(3-19)4-20;13-5-11(6-14)9-1-2-10(4-3-9)12(7-15)8-16/h;;1-4H. The van der Waals surface area contributed by atoms with Crippen molar-refractivity contribution in [1.29, 1.82) is 63.1 Å². The molecule has 3 aromatic carbocycles. The van der Waals surface area contributed by atoms with Crippen molar-refractivity contribution in [3.8, 4) is 72.8 Å². The molecule has 3 heterocycles. The Morgan fingerprint density at radius 1 is 0.364 bits per heavy atom. The van der Waals surface area contributed by atoms with Crippen LogP contribution in [0.5, 0.6) is 0 Å². The molecule has 6 rings (SSSR count). The maximum absolute atomic E-state index is 13.6. The molecule has 0 bridgehead atoms. The highest BCUT2D eigenvalue weighted by atomic mass is 19.2. The molecular formula is C42H4F4N20. The first-order chi connectivity index (χ1) is 31.8. The van der Waals surface area contributed by atoms with E-state index < -0.39 is 44.9 Å². The van der Waals surface area contributed by atoms with Crippen molar-refractivity contribution in [2.75, 3.05) is 0 Å². The highest BCUT2D eigenvalue weighted by Crippen LogP contribution is 2.33. The van der Waals surface area contributed by atoms with Gasteiger partial charge in [-0.25, -0.2) is 37.5 Å². The number of aromatic nitrogens is 6. The molecule has 0 fully saturated rings. The Bertz CT molecular complexity index is 3500. The summed E-state index contributed by atoms with van der Waals surface area (Å²) in [6.07, 6.45) is 0. The van der Waals surface area contributed by atoms with Crippen molar-refractivity contribution in [2.45, 2.75) is 0 Å². The molecule has 6 aromatic rings. The van der Waals surface area contributed by atoms with Crippen LogP contribution in [0.25, 0.3) is 65.1 Å². The quantitative estimate of drug-likeness (QED) is 0.0916. The van der Waals surface area contributed by atoms with Gasteiger partial charge in [-0.05, 0) is 0 Å². The topological polar surface area (TPSA) is 372 Å². The zero-order valence-corrected chi connectivity index (χ0v) is 31.8. The van der Waals surface area contributed by atoms with Crippen LogP contribution in [0.1, 0.15) is 22.8 Å². The summed E-state index contributed by atoms with van der Waals surface area (Å²) in [6, 6.07) is 24.6. The van der Waals surface area contributed by atoms with Crippen molar-refractivity contribution in [2.24, 2.45) is 0 Å². The average Bonchev–Trinajstić information content (AvgIpc) is 3.36. The van der Waals surface area contributed by atoms with Gasteiger partial charge in [-0.15, -0.1) is 9.97 Å². The van der Waals surface area contributed by atoms with E-state index in [-0.39, 0.29) is 78.7 Å². The maximum Gasteiger partial charge on any atom is 0.307 e. The van der Waals surface area contributed by atoms with Crippen molar-refractivity contribution < 1.29 is 17.6 Å². The fourth-order valence-electron chi connectivity index (χ4n) is 5.20. The molecule has 0 aliphatic rings. The van der Waals surface area contributed by atoms with E-state index in [1.807, 2.05) is 0 Å². The summed E-state index contributed by atoms with van der Waals surface area (Å²) in [5, 5.41) is 104. The van der Waals surface area contributed by atoms with Crippen LogP contribution in [0, 0.1) is 172 Å². The third-order valence-electron chi connectivity index (χ3n) is 8.08. The smallest absolute Gasteiger partial charge is 0.307 e. The van der Waals surface area contributed by atoms with Crippen LogP contribution < -0.4 is 20.9 Å². The fraction of sp³-hybridized carbons (Fsp3) is 0. The van der Waals surface area contributed by atoms with Crippen LogP contribution in [0.3, 0.4) is 0 Å². The third-order valence-corrected chi connectivity index (χ3v) is 8.08. The summed E-state index contributed by atoms with van der Waals surface area (Å²) in [7, 11) is 0. The van der Waals surface area contributed by atoms with Gasteiger partial charge in [-0.1, -0.05) is 37.4 Å². The minimum atomic E-state index is -2.03. The predicted molar refractivity (Wildman–Crippen MR) is 207 cm³/mol. The van der Waals surface area contributed by atoms with Crippen LogP contribution in [-0.4, -0.2) is 29.9 Å². The molecule has 0 spiro atoms. The van der Waals surface area contributed by atoms with Crippen molar-refractivity contribution in [3.05, 3.63) is 114 Å². The van der Waals surface area contributed by atoms with Gasteiger partial charge in [0.05, 0.1) is 10.4 Å². The average molecular weight is 865 g/mol. The second-order valence-corrected chi connectivity index (χ2v) is 11.5. The van der Waals surface area contributed by atoms with E-state index >= 15 is 0 Å². The number of fused-ring (bicyclic) bond motifs is 6. The lowest BCUT2D eigenvalue weighted by Gasteiger charge is -2.06. The summed E-state index contributed by atoms with van der Waals surface area (Å²) in [5.41, 5.74) is -3.55. The van der Waals surface area contributed by atoms with Gasteiger partial charge in [-0.3, -0.25) is 0 Å². The van der Waals surface area contributed by atoms with Crippen LogP contribution in [-0.2, 0) is 0 Å².